The second-order valence-corrected chi connectivity index (χ2v) is 11.8. The summed E-state index contributed by atoms with van der Waals surface area (Å²) >= 11 is 6.21. The Labute approximate surface area is 250 Å². The van der Waals surface area contributed by atoms with Gasteiger partial charge in [-0.3, -0.25) is 13.9 Å². The molecule has 1 N–H and O–H groups in total. The van der Waals surface area contributed by atoms with Gasteiger partial charge < -0.3 is 10.2 Å². The Hall–Kier alpha value is -4.21. The molecule has 7 nitrogen and oxygen atoms in total. The molecule has 0 saturated heterocycles. The number of rotatable bonds is 12. The summed E-state index contributed by atoms with van der Waals surface area (Å²) < 4.78 is 43.6. The highest BCUT2D eigenvalue weighted by atomic mass is 35.5. The number of carbonyl (C=O) groups is 2. The first-order valence-electron chi connectivity index (χ1n) is 13.4. The van der Waals surface area contributed by atoms with E-state index in [1.165, 1.54) is 47.4 Å². The molecule has 0 fully saturated rings. The minimum atomic E-state index is -4.24. The van der Waals surface area contributed by atoms with Crippen molar-refractivity contribution in [2.24, 2.45) is 0 Å². The first-order valence-corrected chi connectivity index (χ1v) is 15.2. The molecule has 218 valence electrons. The molecule has 4 aromatic carbocycles. The van der Waals surface area contributed by atoms with Crippen LogP contribution in [0.15, 0.2) is 114 Å². The maximum absolute atomic E-state index is 14.9. The largest absolute Gasteiger partial charge is 0.355 e. The van der Waals surface area contributed by atoms with Crippen LogP contribution < -0.4 is 9.62 Å². The third-order valence-corrected chi connectivity index (χ3v) is 8.65. The summed E-state index contributed by atoms with van der Waals surface area (Å²) in [5.41, 5.74) is 1.14. The number of halogens is 2. The van der Waals surface area contributed by atoms with Crippen LogP contribution in [0.1, 0.15) is 18.1 Å². The Bertz CT molecular complexity index is 1620. The molecule has 0 unspecified atom stereocenters. The quantitative estimate of drug-likeness (QED) is 0.232. The van der Waals surface area contributed by atoms with Gasteiger partial charge in [0.05, 0.1) is 10.6 Å². The molecule has 42 heavy (non-hydrogen) atoms. The summed E-state index contributed by atoms with van der Waals surface area (Å²) in [6.07, 6.45) is 0.134. The summed E-state index contributed by atoms with van der Waals surface area (Å²) in [5.74, 6) is -1.68. The molecule has 0 aliphatic rings. The minimum absolute atomic E-state index is 0.0250. The van der Waals surface area contributed by atoms with Crippen LogP contribution in [0, 0.1) is 5.82 Å². The van der Waals surface area contributed by atoms with Crippen LogP contribution in [0.2, 0.25) is 5.02 Å². The van der Waals surface area contributed by atoms with Crippen LogP contribution >= 0.6 is 11.6 Å². The Balaban J connectivity index is 1.80. The molecule has 4 rings (SSSR count). The van der Waals surface area contributed by atoms with Gasteiger partial charge in [0, 0.05) is 30.1 Å². The molecule has 0 aromatic heterocycles. The molecular weight excluding hydrogens is 577 g/mol. The van der Waals surface area contributed by atoms with E-state index in [4.69, 9.17) is 11.6 Å². The highest BCUT2D eigenvalue weighted by molar-refractivity contribution is 7.92. The normalized spacial score (nSPS) is 11.9. The molecule has 4 aromatic rings. The van der Waals surface area contributed by atoms with Gasteiger partial charge in [0.15, 0.2) is 0 Å². The van der Waals surface area contributed by atoms with E-state index < -0.39 is 40.2 Å². The SMILES string of the molecule is CCNC(=O)[C@@H](Cc1ccccc1)N(Cc1ccccc1F)C(=O)CN(c1cccc(Cl)c1)S(=O)(=O)c1ccccc1. The van der Waals surface area contributed by atoms with E-state index in [9.17, 15) is 22.4 Å². The summed E-state index contributed by atoms with van der Waals surface area (Å²) in [7, 11) is -4.24. The number of carbonyl (C=O) groups excluding carboxylic acids is 2. The Kier molecular flexibility index (Phi) is 10.3. The Morgan fingerprint density at radius 3 is 2.17 bits per heavy atom. The van der Waals surface area contributed by atoms with Gasteiger partial charge in [-0.15, -0.1) is 0 Å². The van der Waals surface area contributed by atoms with Crippen molar-refractivity contribution in [2.75, 3.05) is 17.4 Å². The number of nitrogens with one attached hydrogen (secondary N) is 1. The fourth-order valence-electron chi connectivity index (χ4n) is 4.54. The van der Waals surface area contributed by atoms with Crippen molar-refractivity contribution in [3.8, 4) is 0 Å². The lowest BCUT2D eigenvalue weighted by molar-refractivity contribution is -0.140. The number of sulfonamides is 1. The van der Waals surface area contributed by atoms with Crippen LogP contribution in [0.4, 0.5) is 10.1 Å². The topological polar surface area (TPSA) is 86.8 Å². The average Bonchev–Trinajstić information content (AvgIpc) is 2.99. The maximum Gasteiger partial charge on any atom is 0.264 e. The van der Waals surface area contributed by atoms with E-state index >= 15 is 0 Å². The highest BCUT2D eigenvalue weighted by Gasteiger charge is 2.34. The molecule has 0 spiro atoms. The summed E-state index contributed by atoms with van der Waals surface area (Å²) in [5, 5.41) is 3.05. The van der Waals surface area contributed by atoms with Crippen molar-refractivity contribution in [1.29, 1.82) is 0 Å². The van der Waals surface area contributed by atoms with Gasteiger partial charge in [-0.1, -0.05) is 84.4 Å². The van der Waals surface area contributed by atoms with Crippen LogP contribution in [0.3, 0.4) is 0 Å². The first-order chi connectivity index (χ1) is 20.2. The zero-order valence-electron chi connectivity index (χ0n) is 23.0. The lowest BCUT2D eigenvalue weighted by Gasteiger charge is -2.34. The van der Waals surface area contributed by atoms with E-state index in [1.807, 2.05) is 30.3 Å². The monoisotopic (exact) mass is 607 g/mol. The number of hydrogen-bond acceptors (Lipinski definition) is 4. The van der Waals surface area contributed by atoms with Crippen LogP contribution in [-0.4, -0.2) is 44.3 Å². The molecule has 1 atom stereocenters. The molecule has 2 amide bonds. The molecule has 0 bridgehead atoms. The molecule has 0 radical (unpaired) electrons. The fourth-order valence-corrected chi connectivity index (χ4v) is 6.15. The molecule has 10 heteroatoms. The number of benzene rings is 4. The van der Waals surface area contributed by atoms with Gasteiger partial charge in [-0.05, 0) is 48.9 Å². The third-order valence-electron chi connectivity index (χ3n) is 6.63. The minimum Gasteiger partial charge on any atom is -0.355 e. The molecule has 0 saturated carbocycles. The Morgan fingerprint density at radius 2 is 1.52 bits per heavy atom. The van der Waals surface area contributed by atoms with E-state index in [0.29, 0.717) is 6.54 Å². The van der Waals surface area contributed by atoms with Gasteiger partial charge in [0.1, 0.15) is 18.4 Å². The summed E-state index contributed by atoms with van der Waals surface area (Å²) in [6.45, 7) is 1.16. The zero-order chi connectivity index (χ0) is 30.1. The standard InChI is InChI=1S/C32H31ClFN3O4S/c1-2-35-32(39)30(20-24-12-5-3-6-13-24)36(22-25-14-9-10-19-29(25)34)31(38)23-37(27-16-11-15-26(33)21-27)42(40,41)28-17-7-4-8-18-28/h3-19,21,30H,2,20,22-23H2,1H3,(H,35,39)/t30-/m1/s1. The molecule has 0 aliphatic heterocycles. The van der Waals surface area contributed by atoms with E-state index in [2.05, 4.69) is 5.32 Å². The summed E-state index contributed by atoms with van der Waals surface area (Å²) in [6, 6.07) is 27.9. The second kappa shape index (κ2) is 14.1. The second-order valence-electron chi connectivity index (χ2n) is 9.52. The lowest BCUT2D eigenvalue weighted by atomic mass is 10.0. The molecule has 0 aliphatic carbocycles. The highest BCUT2D eigenvalue weighted by Crippen LogP contribution is 2.27. The smallest absolute Gasteiger partial charge is 0.264 e. The van der Waals surface area contributed by atoms with Gasteiger partial charge in [-0.2, -0.15) is 0 Å². The van der Waals surface area contributed by atoms with E-state index in [0.717, 1.165) is 9.87 Å². The predicted molar refractivity (Wildman–Crippen MR) is 162 cm³/mol. The van der Waals surface area contributed by atoms with E-state index in [-0.39, 0.29) is 34.1 Å². The average molecular weight is 608 g/mol. The number of likely N-dealkylation sites (N-methyl/N-ethyl adjacent to an activating group) is 1. The Morgan fingerprint density at radius 1 is 0.881 bits per heavy atom. The number of anilines is 1. The van der Waals surface area contributed by atoms with Gasteiger partial charge >= 0.3 is 0 Å². The number of amides is 2. The first kappa shape index (κ1) is 30.7. The van der Waals surface area contributed by atoms with Crippen LogP contribution in [0.5, 0.6) is 0 Å². The van der Waals surface area contributed by atoms with Crippen molar-refractivity contribution in [2.45, 2.75) is 30.8 Å². The summed E-state index contributed by atoms with van der Waals surface area (Å²) in [4.78, 5) is 28.9. The van der Waals surface area contributed by atoms with Crippen LogP contribution in [0.25, 0.3) is 0 Å². The van der Waals surface area contributed by atoms with Gasteiger partial charge in [0.2, 0.25) is 11.8 Å². The van der Waals surface area contributed by atoms with Crippen molar-refractivity contribution < 1.29 is 22.4 Å². The van der Waals surface area contributed by atoms with Gasteiger partial charge in [-0.25, -0.2) is 12.8 Å². The van der Waals surface area contributed by atoms with Crippen molar-refractivity contribution in [1.82, 2.24) is 10.2 Å². The number of nitrogens with zero attached hydrogens (tertiary/aromatic N) is 2. The molecular formula is C32H31ClFN3O4S. The molecule has 0 heterocycles. The van der Waals surface area contributed by atoms with E-state index in [1.54, 1.807) is 43.3 Å². The number of hydrogen-bond donors (Lipinski definition) is 1. The maximum atomic E-state index is 14.9. The third kappa shape index (κ3) is 7.54. The zero-order valence-corrected chi connectivity index (χ0v) is 24.6. The van der Waals surface area contributed by atoms with Gasteiger partial charge in [0.25, 0.3) is 10.0 Å². The van der Waals surface area contributed by atoms with Crippen LogP contribution in [-0.2, 0) is 32.6 Å². The lowest BCUT2D eigenvalue weighted by Crippen LogP contribution is -2.53. The predicted octanol–water partition coefficient (Wildman–Crippen LogP) is 5.45. The van der Waals surface area contributed by atoms with Crippen molar-refractivity contribution >= 4 is 39.1 Å². The fraction of sp³-hybridized carbons (Fsp3) is 0.188. The van der Waals surface area contributed by atoms with Crippen molar-refractivity contribution in [3.63, 3.8) is 0 Å². The van der Waals surface area contributed by atoms with Crippen molar-refractivity contribution in [3.05, 3.63) is 131 Å².